The first-order valence-corrected chi connectivity index (χ1v) is 9.79. The summed E-state index contributed by atoms with van der Waals surface area (Å²) >= 11 is 0. The number of nitrogens with zero attached hydrogens (tertiary/aromatic N) is 1. The van der Waals surface area contributed by atoms with E-state index in [1.807, 2.05) is 73.7 Å². The summed E-state index contributed by atoms with van der Waals surface area (Å²) in [4.78, 5) is 29.3. The first-order chi connectivity index (χ1) is 14.6. The molecule has 2 aromatic carbocycles. The number of hydrogen-bond donors (Lipinski definition) is 2. The maximum atomic E-state index is 12.8. The van der Waals surface area contributed by atoms with Gasteiger partial charge in [-0.2, -0.15) is 0 Å². The monoisotopic (exact) mass is 403 g/mol. The lowest BCUT2D eigenvalue weighted by molar-refractivity contribution is -0.123. The first kappa shape index (κ1) is 21.0. The van der Waals surface area contributed by atoms with Crippen LogP contribution in [-0.2, 0) is 29.1 Å². The molecule has 6 heteroatoms. The molecule has 2 N–H and O–H groups in total. The molecule has 0 fully saturated rings. The van der Waals surface area contributed by atoms with Gasteiger partial charge in [-0.15, -0.1) is 0 Å². The normalized spacial score (nSPS) is 11.4. The van der Waals surface area contributed by atoms with Crippen LogP contribution in [-0.4, -0.2) is 23.0 Å². The molecule has 0 radical (unpaired) electrons. The fraction of sp³-hybridized carbons (Fsp3) is 0.208. The molecule has 3 rings (SSSR count). The number of carbonyl (C=O) groups is 2. The van der Waals surface area contributed by atoms with Crippen LogP contribution in [0.2, 0.25) is 0 Å². The first-order valence-electron chi connectivity index (χ1n) is 9.79. The fourth-order valence-corrected chi connectivity index (χ4v) is 2.99. The minimum atomic E-state index is -0.756. The van der Waals surface area contributed by atoms with Gasteiger partial charge in [0.2, 0.25) is 5.91 Å². The second-order valence-electron chi connectivity index (χ2n) is 7.04. The average molecular weight is 403 g/mol. The van der Waals surface area contributed by atoms with Crippen molar-refractivity contribution < 1.29 is 14.3 Å². The second kappa shape index (κ2) is 10.8. The summed E-state index contributed by atoms with van der Waals surface area (Å²) in [7, 11) is 0. The Morgan fingerprint density at radius 1 is 0.933 bits per heavy atom. The van der Waals surface area contributed by atoms with Crippen molar-refractivity contribution in [1.82, 2.24) is 15.6 Å². The van der Waals surface area contributed by atoms with Gasteiger partial charge in [0.25, 0.3) is 0 Å². The molecule has 0 aliphatic heterocycles. The predicted molar refractivity (Wildman–Crippen MR) is 115 cm³/mol. The molecule has 30 heavy (non-hydrogen) atoms. The summed E-state index contributed by atoms with van der Waals surface area (Å²) in [6, 6.07) is 20.1. The van der Waals surface area contributed by atoms with Crippen LogP contribution in [0.15, 0.2) is 79.1 Å². The summed E-state index contributed by atoms with van der Waals surface area (Å²) in [6.07, 6.45) is 3.20. The number of hydrogen-bond acceptors (Lipinski definition) is 4. The highest BCUT2D eigenvalue weighted by Crippen LogP contribution is 2.06. The van der Waals surface area contributed by atoms with Gasteiger partial charge in [-0.05, 0) is 29.2 Å². The van der Waals surface area contributed by atoms with E-state index in [-0.39, 0.29) is 12.5 Å². The van der Waals surface area contributed by atoms with Crippen LogP contribution < -0.4 is 10.6 Å². The summed E-state index contributed by atoms with van der Waals surface area (Å²) in [5, 5.41) is 5.57. The third-order valence-corrected chi connectivity index (χ3v) is 4.50. The molecule has 0 aliphatic rings. The van der Waals surface area contributed by atoms with E-state index in [9.17, 15) is 9.59 Å². The van der Waals surface area contributed by atoms with Crippen molar-refractivity contribution in [3.63, 3.8) is 0 Å². The molecule has 1 aromatic heterocycles. The highest BCUT2D eigenvalue weighted by Gasteiger charge is 2.22. The number of carbonyl (C=O) groups excluding carboxylic acids is 2. The summed E-state index contributed by atoms with van der Waals surface area (Å²) < 4.78 is 5.28. The third kappa shape index (κ3) is 6.74. The van der Waals surface area contributed by atoms with Crippen LogP contribution in [0.4, 0.5) is 4.79 Å². The molecule has 0 saturated carbocycles. The van der Waals surface area contributed by atoms with Crippen LogP contribution >= 0.6 is 0 Å². The zero-order valence-electron chi connectivity index (χ0n) is 16.9. The molecule has 1 unspecified atom stereocenters. The van der Waals surface area contributed by atoms with Crippen LogP contribution in [0.1, 0.15) is 22.3 Å². The fourth-order valence-electron chi connectivity index (χ4n) is 2.99. The number of ether oxygens (including phenoxy) is 1. The maximum absolute atomic E-state index is 12.8. The SMILES string of the molecule is Cc1cncc(CNC(=O)C(Cc2ccccc2)NC(=O)OCc2ccccc2)c1. The molecule has 3 aromatic rings. The molecule has 154 valence electrons. The Hall–Kier alpha value is -3.67. The number of aromatic nitrogens is 1. The zero-order valence-corrected chi connectivity index (χ0v) is 16.9. The predicted octanol–water partition coefficient (Wildman–Crippen LogP) is 3.54. The van der Waals surface area contributed by atoms with E-state index in [0.717, 1.165) is 22.3 Å². The van der Waals surface area contributed by atoms with Crippen molar-refractivity contribution >= 4 is 12.0 Å². The number of amides is 2. The molecule has 0 bridgehead atoms. The Morgan fingerprint density at radius 2 is 1.60 bits per heavy atom. The number of rotatable bonds is 8. The van der Waals surface area contributed by atoms with Crippen LogP contribution in [0.25, 0.3) is 0 Å². The van der Waals surface area contributed by atoms with Gasteiger partial charge in [-0.25, -0.2) is 4.79 Å². The molecular formula is C24H25N3O3. The molecule has 6 nitrogen and oxygen atoms in total. The Bertz CT molecular complexity index is 962. The Kier molecular flexibility index (Phi) is 7.55. The van der Waals surface area contributed by atoms with E-state index in [2.05, 4.69) is 15.6 Å². The van der Waals surface area contributed by atoms with Gasteiger partial charge in [0.1, 0.15) is 12.6 Å². The van der Waals surface area contributed by atoms with E-state index in [1.54, 1.807) is 12.4 Å². The lowest BCUT2D eigenvalue weighted by Gasteiger charge is -2.19. The Labute approximate surface area is 176 Å². The van der Waals surface area contributed by atoms with Crippen LogP contribution in [0.5, 0.6) is 0 Å². The van der Waals surface area contributed by atoms with Gasteiger partial charge < -0.3 is 15.4 Å². The summed E-state index contributed by atoms with van der Waals surface area (Å²) in [5.74, 6) is -0.281. The molecule has 1 atom stereocenters. The Balaban J connectivity index is 1.61. The molecule has 1 heterocycles. The van der Waals surface area contributed by atoms with Crippen molar-refractivity contribution in [3.05, 3.63) is 101 Å². The van der Waals surface area contributed by atoms with Gasteiger partial charge in [-0.1, -0.05) is 66.7 Å². The van der Waals surface area contributed by atoms with Gasteiger partial charge in [-0.3, -0.25) is 9.78 Å². The lowest BCUT2D eigenvalue weighted by Crippen LogP contribution is -2.48. The number of benzene rings is 2. The number of aryl methyl sites for hydroxylation is 1. The van der Waals surface area contributed by atoms with Gasteiger partial charge in [0.05, 0.1) is 0 Å². The highest BCUT2D eigenvalue weighted by atomic mass is 16.5. The average Bonchev–Trinajstić information content (AvgIpc) is 2.77. The van der Waals surface area contributed by atoms with E-state index < -0.39 is 12.1 Å². The minimum Gasteiger partial charge on any atom is -0.445 e. The molecule has 0 spiro atoms. The largest absolute Gasteiger partial charge is 0.445 e. The quantitative estimate of drug-likeness (QED) is 0.603. The molecule has 2 amide bonds. The molecule has 0 aliphatic carbocycles. The zero-order chi connectivity index (χ0) is 21.2. The third-order valence-electron chi connectivity index (χ3n) is 4.50. The second-order valence-corrected chi connectivity index (χ2v) is 7.04. The number of pyridine rings is 1. The lowest BCUT2D eigenvalue weighted by atomic mass is 10.1. The van der Waals surface area contributed by atoms with Crippen LogP contribution in [0, 0.1) is 6.92 Å². The van der Waals surface area contributed by atoms with E-state index >= 15 is 0 Å². The van der Waals surface area contributed by atoms with Gasteiger partial charge >= 0.3 is 6.09 Å². The van der Waals surface area contributed by atoms with E-state index in [0.29, 0.717) is 13.0 Å². The number of nitrogens with one attached hydrogen (secondary N) is 2. The topological polar surface area (TPSA) is 80.3 Å². The number of alkyl carbamates (subject to hydrolysis) is 1. The Morgan fingerprint density at radius 3 is 2.27 bits per heavy atom. The van der Waals surface area contributed by atoms with E-state index in [1.165, 1.54) is 0 Å². The molecule has 0 saturated heterocycles. The van der Waals surface area contributed by atoms with Crippen molar-refractivity contribution in [3.8, 4) is 0 Å². The molecular weight excluding hydrogens is 378 g/mol. The smallest absolute Gasteiger partial charge is 0.408 e. The van der Waals surface area contributed by atoms with Gasteiger partial charge in [0.15, 0.2) is 0 Å². The van der Waals surface area contributed by atoms with Crippen molar-refractivity contribution in [2.75, 3.05) is 0 Å². The standard InChI is InChI=1S/C24H25N3O3/c1-18-12-21(15-25-14-18)16-26-23(28)22(13-19-8-4-2-5-9-19)27-24(29)30-17-20-10-6-3-7-11-20/h2-12,14-15,22H,13,16-17H2,1H3,(H,26,28)(H,27,29). The van der Waals surface area contributed by atoms with Gasteiger partial charge in [0, 0.05) is 25.4 Å². The minimum absolute atomic E-state index is 0.140. The summed E-state index contributed by atoms with van der Waals surface area (Å²) in [6.45, 7) is 2.42. The van der Waals surface area contributed by atoms with Crippen LogP contribution in [0.3, 0.4) is 0 Å². The summed E-state index contributed by atoms with van der Waals surface area (Å²) in [5.41, 5.74) is 3.74. The van der Waals surface area contributed by atoms with Crippen molar-refractivity contribution in [1.29, 1.82) is 0 Å². The highest BCUT2D eigenvalue weighted by molar-refractivity contribution is 5.85. The van der Waals surface area contributed by atoms with E-state index in [4.69, 9.17) is 4.74 Å². The maximum Gasteiger partial charge on any atom is 0.408 e. The van der Waals surface area contributed by atoms with Crippen molar-refractivity contribution in [2.45, 2.75) is 32.5 Å². The van der Waals surface area contributed by atoms with Crippen molar-refractivity contribution in [2.24, 2.45) is 0 Å².